The molecule has 0 aromatic carbocycles. The molecular weight excluding hydrogens is 180 g/mol. The van der Waals surface area contributed by atoms with Crippen LogP contribution in [0.4, 0.5) is 0 Å². The molecular formula is C11H20O3. The summed E-state index contributed by atoms with van der Waals surface area (Å²) in [5.74, 6) is 0.144. The molecule has 0 aliphatic heterocycles. The Hall–Kier alpha value is -0.700. The summed E-state index contributed by atoms with van der Waals surface area (Å²) < 4.78 is 5.34. The van der Waals surface area contributed by atoms with Gasteiger partial charge < -0.3 is 9.53 Å². The third kappa shape index (κ3) is 4.51. The van der Waals surface area contributed by atoms with Crippen molar-refractivity contribution in [3.8, 4) is 0 Å². The summed E-state index contributed by atoms with van der Waals surface area (Å²) in [5, 5.41) is 0. The lowest BCUT2D eigenvalue weighted by atomic mass is 9.86. The van der Waals surface area contributed by atoms with Crippen molar-refractivity contribution >= 4 is 12.1 Å². The minimum absolute atomic E-state index is 0.144. The lowest BCUT2D eigenvalue weighted by Crippen LogP contribution is -2.30. The Labute approximate surface area is 85.8 Å². The molecule has 0 atom stereocenters. The van der Waals surface area contributed by atoms with E-state index in [2.05, 4.69) is 0 Å². The van der Waals surface area contributed by atoms with Crippen LogP contribution in [0, 0.1) is 5.41 Å². The van der Waals surface area contributed by atoms with E-state index in [4.69, 9.17) is 4.74 Å². The average molecular weight is 200 g/mol. The van der Waals surface area contributed by atoms with E-state index in [1.54, 1.807) is 20.8 Å². The number of hydrogen-bond donors (Lipinski definition) is 0. The van der Waals surface area contributed by atoms with Gasteiger partial charge in [0, 0.05) is 12.0 Å². The van der Waals surface area contributed by atoms with E-state index in [9.17, 15) is 9.59 Å². The molecule has 0 saturated carbocycles. The molecule has 0 aromatic rings. The van der Waals surface area contributed by atoms with Crippen LogP contribution in [-0.4, -0.2) is 24.3 Å². The van der Waals surface area contributed by atoms with E-state index < -0.39 is 5.60 Å². The first-order chi connectivity index (χ1) is 6.21. The fourth-order valence-electron chi connectivity index (χ4n) is 0.779. The molecule has 3 nitrogen and oxygen atoms in total. The molecule has 0 aliphatic rings. The highest BCUT2D eigenvalue weighted by Gasteiger charge is 2.25. The molecule has 0 radical (unpaired) electrons. The van der Waals surface area contributed by atoms with Gasteiger partial charge >= 0.3 is 0 Å². The predicted octanol–water partition coefficient (Wildman–Crippen LogP) is 1.99. The Kier molecular flexibility index (Phi) is 4.46. The smallest absolute Gasteiger partial charge is 0.151 e. The number of aldehydes is 1. The number of ketones is 1. The van der Waals surface area contributed by atoms with Gasteiger partial charge in [-0.25, -0.2) is 0 Å². The second-order valence-corrected chi connectivity index (χ2v) is 4.76. The second-order valence-electron chi connectivity index (χ2n) is 4.76. The van der Waals surface area contributed by atoms with Crippen LogP contribution >= 0.6 is 0 Å². The van der Waals surface area contributed by atoms with Gasteiger partial charge in [0.05, 0.1) is 0 Å². The van der Waals surface area contributed by atoms with E-state index >= 15 is 0 Å². The molecule has 0 fully saturated rings. The number of hydrogen-bond acceptors (Lipinski definition) is 3. The molecule has 0 aromatic heterocycles. The zero-order valence-corrected chi connectivity index (χ0v) is 9.72. The molecule has 14 heavy (non-hydrogen) atoms. The Morgan fingerprint density at radius 1 is 1.29 bits per heavy atom. The number of carbonyl (C=O) groups excluding carboxylic acids is 2. The normalized spacial score (nSPS) is 12.6. The van der Waals surface area contributed by atoms with Gasteiger partial charge in [-0.05, 0) is 27.2 Å². The average Bonchev–Trinajstić information content (AvgIpc) is 2.03. The number of ether oxygens (including phenoxy) is 1. The molecule has 82 valence electrons. The summed E-state index contributed by atoms with van der Waals surface area (Å²) in [5.41, 5.74) is -1.11. The van der Waals surface area contributed by atoms with Gasteiger partial charge in [0.2, 0.25) is 0 Å². The Balaban J connectivity index is 3.97. The third-order valence-electron chi connectivity index (χ3n) is 2.44. The van der Waals surface area contributed by atoms with Crippen LogP contribution in [0.5, 0.6) is 0 Å². The van der Waals surface area contributed by atoms with E-state index in [0.29, 0.717) is 13.0 Å². The van der Waals surface area contributed by atoms with Crippen molar-refractivity contribution in [2.24, 2.45) is 5.41 Å². The van der Waals surface area contributed by atoms with Crippen molar-refractivity contribution in [3.63, 3.8) is 0 Å². The fraction of sp³-hybridized carbons (Fsp3) is 0.818. The molecule has 0 unspecified atom stereocenters. The number of rotatable bonds is 6. The number of carbonyl (C=O) groups is 2. The first kappa shape index (κ1) is 13.3. The van der Waals surface area contributed by atoms with E-state index in [1.165, 1.54) is 0 Å². The van der Waals surface area contributed by atoms with Gasteiger partial charge in [0.1, 0.15) is 11.4 Å². The van der Waals surface area contributed by atoms with Gasteiger partial charge in [0.15, 0.2) is 6.29 Å². The van der Waals surface area contributed by atoms with Crippen LogP contribution in [0.2, 0.25) is 0 Å². The van der Waals surface area contributed by atoms with Gasteiger partial charge in [0.25, 0.3) is 0 Å². The third-order valence-corrected chi connectivity index (χ3v) is 2.44. The van der Waals surface area contributed by atoms with Crippen LogP contribution in [-0.2, 0) is 14.3 Å². The number of Topliss-reactive ketones (excluding diaryl/α,β-unsaturated/α-hetero) is 1. The molecule has 0 spiro atoms. The minimum atomic E-state index is -0.743. The first-order valence-corrected chi connectivity index (χ1v) is 4.82. The highest BCUT2D eigenvalue weighted by molar-refractivity contribution is 5.81. The molecule has 0 amide bonds. The SMILES string of the molecule is CC(=O)C(C)(C)CCOC(C)(C)C=O. The molecule has 0 heterocycles. The monoisotopic (exact) mass is 200 g/mol. The van der Waals surface area contributed by atoms with Gasteiger partial charge in [-0.1, -0.05) is 13.8 Å². The zero-order valence-electron chi connectivity index (χ0n) is 9.72. The Morgan fingerprint density at radius 2 is 1.79 bits per heavy atom. The zero-order chi connectivity index (χ0) is 11.4. The van der Waals surface area contributed by atoms with Gasteiger partial charge in [-0.3, -0.25) is 4.79 Å². The maximum atomic E-state index is 11.2. The summed E-state index contributed by atoms with van der Waals surface area (Å²) in [4.78, 5) is 21.7. The largest absolute Gasteiger partial charge is 0.368 e. The summed E-state index contributed by atoms with van der Waals surface area (Å²) in [7, 11) is 0. The van der Waals surface area contributed by atoms with Gasteiger partial charge in [-0.15, -0.1) is 0 Å². The van der Waals surface area contributed by atoms with Crippen molar-refractivity contribution in [2.75, 3.05) is 6.61 Å². The summed E-state index contributed by atoms with van der Waals surface area (Å²) in [6.07, 6.45) is 1.41. The first-order valence-electron chi connectivity index (χ1n) is 4.82. The summed E-state index contributed by atoms with van der Waals surface area (Å²) in [6.45, 7) is 9.18. The highest BCUT2D eigenvalue weighted by atomic mass is 16.5. The molecule has 0 N–H and O–H groups in total. The standard InChI is InChI=1S/C11H20O3/c1-9(13)10(2,3)6-7-14-11(4,5)8-12/h8H,6-7H2,1-5H3. The van der Waals surface area contributed by atoms with Crippen molar-refractivity contribution in [3.05, 3.63) is 0 Å². The van der Waals surface area contributed by atoms with Crippen molar-refractivity contribution in [2.45, 2.75) is 46.6 Å². The minimum Gasteiger partial charge on any atom is -0.368 e. The summed E-state index contributed by atoms with van der Waals surface area (Å²) >= 11 is 0. The van der Waals surface area contributed by atoms with Crippen LogP contribution in [0.15, 0.2) is 0 Å². The maximum Gasteiger partial charge on any atom is 0.151 e. The van der Waals surface area contributed by atoms with Crippen molar-refractivity contribution in [1.29, 1.82) is 0 Å². The molecule has 0 bridgehead atoms. The van der Waals surface area contributed by atoms with Crippen LogP contribution < -0.4 is 0 Å². The van der Waals surface area contributed by atoms with E-state index in [0.717, 1.165) is 6.29 Å². The van der Waals surface area contributed by atoms with Crippen LogP contribution in [0.1, 0.15) is 41.0 Å². The van der Waals surface area contributed by atoms with Crippen molar-refractivity contribution in [1.82, 2.24) is 0 Å². The maximum absolute atomic E-state index is 11.2. The van der Waals surface area contributed by atoms with E-state index in [1.807, 2.05) is 13.8 Å². The molecule has 0 aliphatic carbocycles. The van der Waals surface area contributed by atoms with Crippen molar-refractivity contribution < 1.29 is 14.3 Å². The quantitative estimate of drug-likeness (QED) is 0.616. The van der Waals surface area contributed by atoms with Gasteiger partial charge in [-0.2, -0.15) is 0 Å². The Morgan fingerprint density at radius 3 is 2.14 bits per heavy atom. The molecule has 3 heteroatoms. The molecule has 0 saturated heterocycles. The van der Waals surface area contributed by atoms with E-state index in [-0.39, 0.29) is 11.2 Å². The Bertz CT molecular complexity index is 217. The lowest BCUT2D eigenvalue weighted by Gasteiger charge is -2.24. The predicted molar refractivity (Wildman–Crippen MR) is 55.2 cm³/mol. The highest BCUT2D eigenvalue weighted by Crippen LogP contribution is 2.22. The molecule has 0 rings (SSSR count). The topological polar surface area (TPSA) is 43.4 Å². The second kappa shape index (κ2) is 4.69. The fourth-order valence-corrected chi connectivity index (χ4v) is 0.779. The van der Waals surface area contributed by atoms with Crippen LogP contribution in [0.25, 0.3) is 0 Å². The van der Waals surface area contributed by atoms with Crippen LogP contribution in [0.3, 0.4) is 0 Å². The summed E-state index contributed by atoms with van der Waals surface area (Å²) in [6, 6.07) is 0. The lowest BCUT2D eigenvalue weighted by molar-refractivity contribution is -0.131.